The van der Waals surface area contributed by atoms with Crippen LogP contribution < -0.4 is 5.32 Å². The number of phenols is 1. The molecule has 3 aromatic rings. The molecule has 2 aromatic carbocycles. The van der Waals surface area contributed by atoms with E-state index in [0.29, 0.717) is 18.1 Å². The zero-order valence-corrected chi connectivity index (χ0v) is 20.4. The lowest BCUT2D eigenvalue weighted by molar-refractivity contribution is 0.0235. The molecule has 0 fully saturated rings. The molecule has 34 heavy (non-hydrogen) atoms. The lowest BCUT2D eigenvalue weighted by atomic mass is 10.1. The molecule has 0 aliphatic heterocycles. The van der Waals surface area contributed by atoms with Crippen molar-refractivity contribution >= 4 is 34.2 Å². The van der Waals surface area contributed by atoms with Gasteiger partial charge in [-0.25, -0.2) is 14.8 Å². The molecule has 0 unspecified atom stereocenters. The number of fused-ring (bicyclic) bond motifs is 1. The molecular formula is C25H31N5O4. The zero-order valence-electron chi connectivity index (χ0n) is 20.4. The van der Waals surface area contributed by atoms with E-state index in [-0.39, 0.29) is 12.4 Å². The minimum atomic E-state index is -0.546. The molecule has 0 saturated carbocycles. The van der Waals surface area contributed by atoms with Crippen LogP contribution in [0, 0.1) is 6.92 Å². The number of carbonyl (C=O) groups excluding carboxylic acids is 1. The van der Waals surface area contributed by atoms with Crippen molar-refractivity contribution in [2.24, 2.45) is 5.16 Å². The number of ether oxygens (including phenoxy) is 1. The lowest BCUT2D eigenvalue weighted by Gasteiger charge is -2.24. The van der Waals surface area contributed by atoms with Gasteiger partial charge >= 0.3 is 6.09 Å². The molecule has 1 amide bonds. The van der Waals surface area contributed by atoms with E-state index in [1.165, 1.54) is 11.2 Å². The van der Waals surface area contributed by atoms with Crippen LogP contribution in [-0.4, -0.2) is 57.6 Å². The summed E-state index contributed by atoms with van der Waals surface area (Å²) in [5.41, 5.74) is 3.34. The minimum Gasteiger partial charge on any atom is -0.508 e. The summed E-state index contributed by atoms with van der Waals surface area (Å²) in [7, 11) is 1.65. The summed E-state index contributed by atoms with van der Waals surface area (Å²) in [4.78, 5) is 27.6. The second-order valence-electron chi connectivity index (χ2n) is 8.99. The van der Waals surface area contributed by atoms with Gasteiger partial charge in [-0.1, -0.05) is 11.2 Å². The molecule has 180 valence electrons. The van der Waals surface area contributed by atoms with Crippen molar-refractivity contribution in [2.45, 2.75) is 40.2 Å². The molecule has 1 aromatic heterocycles. The Morgan fingerprint density at radius 2 is 1.94 bits per heavy atom. The highest BCUT2D eigenvalue weighted by Crippen LogP contribution is 2.27. The number of likely N-dealkylation sites (N-methyl/N-ethyl adjacent to an activating group) is 1. The van der Waals surface area contributed by atoms with Crippen molar-refractivity contribution in [2.75, 3.05) is 25.5 Å². The number of aryl methyl sites for hydroxylation is 1. The molecule has 2 N–H and O–H groups in total. The molecule has 9 heteroatoms. The van der Waals surface area contributed by atoms with Crippen LogP contribution in [0.5, 0.6) is 5.75 Å². The van der Waals surface area contributed by atoms with Crippen molar-refractivity contribution < 1.29 is 19.5 Å². The van der Waals surface area contributed by atoms with Crippen molar-refractivity contribution in [1.82, 2.24) is 14.9 Å². The summed E-state index contributed by atoms with van der Waals surface area (Å²) in [5.74, 6) is 0.883. The Hall–Kier alpha value is -3.88. The van der Waals surface area contributed by atoms with E-state index in [1.807, 2.05) is 58.9 Å². The predicted molar refractivity (Wildman–Crippen MR) is 133 cm³/mol. The second kappa shape index (κ2) is 10.4. The Kier molecular flexibility index (Phi) is 7.55. The monoisotopic (exact) mass is 465 g/mol. The SMILES string of the molecule is C/C(=N\OCCN(C)C(=O)OC(C)(C)C)c1ccc2ncnc(Nc3ccc(O)c(C)c3)c2c1. The molecule has 0 radical (unpaired) electrons. The highest BCUT2D eigenvalue weighted by molar-refractivity contribution is 6.03. The first kappa shape index (κ1) is 24.8. The first-order valence-corrected chi connectivity index (χ1v) is 11.0. The van der Waals surface area contributed by atoms with Gasteiger partial charge in [0.25, 0.3) is 0 Å². The van der Waals surface area contributed by atoms with Crippen molar-refractivity contribution in [3.05, 3.63) is 53.9 Å². The molecule has 9 nitrogen and oxygen atoms in total. The molecule has 0 saturated heterocycles. The van der Waals surface area contributed by atoms with Gasteiger partial charge in [0.15, 0.2) is 0 Å². The molecular weight excluding hydrogens is 434 g/mol. The van der Waals surface area contributed by atoms with Crippen LogP contribution in [0.15, 0.2) is 47.9 Å². The molecule has 0 spiro atoms. The Bertz CT molecular complexity index is 1200. The summed E-state index contributed by atoms with van der Waals surface area (Å²) >= 11 is 0. The summed E-state index contributed by atoms with van der Waals surface area (Å²) in [6.07, 6.45) is 1.10. The second-order valence-corrected chi connectivity index (χ2v) is 8.99. The number of hydrogen-bond acceptors (Lipinski definition) is 8. The largest absolute Gasteiger partial charge is 0.508 e. The number of hydrogen-bond donors (Lipinski definition) is 2. The fraction of sp³-hybridized carbons (Fsp3) is 0.360. The van der Waals surface area contributed by atoms with Crippen LogP contribution in [-0.2, 0) is 9.57 Å². The van der Waals surface area contributed by atoms with Crippen molar-refractivity contribution in [3.63, 3.8) is 0 Å². The van der Waals surface area contributed by atoms with Gasteiger partial charge in [-0.15, -0.1) is 0 Å². The normalized spacial score (nSPS) is 11.9. The number of rotatable bonds is 7. The summed E-state index contributed by atoms with van der Waals surface area (Å²) in [6, 6.07) is 11.0. The first-order valence-electron chi connectivity index (χ1n) is 11.0. The number of carbonyl (C=O) groups is 1. The Morgan fingerprint density at radius 3 is 2.65 bits per heavy atom. The fourth-order valence-corrected chi connectivity index (χ4v) is 3.06. The number of aromatic nitrogens is 2. The van der Waals surface area contributed by atoms with Crippen LogP contribution in [0.2, 0.25) is 0 Å². The Balaban J connectivity index is 1.69. The third kappa shape index (κ3) is 6.57. The fourth-order valence-electron chi connectivity index (χ4n) is 3.06. The summed E-state index contributed by atoms with van der Waals surface area (Å²) in [6.45, 7) is 9.73. The van der Waals surface area contributed by atoms with Crippen LogP contribution in [0.3, 0.4) is 0 Å². The van der Waals surface area contributed by atoms with Gasteiger partial charge in [-0.05, 0) is 76.1 Å². The van der Waals surface area contributed by atoms with Crippen LogP contribution in [0.1, 0.15) is 38.8 Å². The first-order chi connectivity index (χ1) is 16.0. The highest BCUT2D eigenvalue weighted by Gasteiger charge is 2.19. The van der Waals surface area contributed by atoms with E-state index in [9.17, 15) is 9.90 Å². The van der Waals surface area contributed by atoms with Crippen LogP contribution in [0.25, 0.3) is 10.9 Å². The van der Waals surface area contributed by atoms with Gasteiger partial charge in [-0.2, -0.15) is 0 Å². The average molecular weight is 466 g/mol. The smallest absolute Gasteiger partial charge is 0.410 e. The van der Waals surface area contributed by atoms with Crippen LogP contribution >= 0.6 is 0 Å². The number of phenolic OH excluding ortho intramolecular Hbond substituents is 1. The van der Waals surface area contributed by atoms with Crippen molar-refractivity contribution in [3.8, 4) is 5.75 Å². The topological polar surface area (TPSA) is 109 Å². The number of benzene rings is 2. The number of nitrogens with one attached hydrogen (secondary N) is 1. The number of aromatic hydroxyl groups is 1. The highest BCUT2D eigenvalue weighted by atomic mass is 16.6. The predicted octanol–water partition coefficient (Wildman–Crippen LogP) is 4.99. The summed E-state index contributed by atoms with van der Waals surface area (Å²) < 4.78 is 5.32. The van der Waals surface area contributed by atoms with Crippen molar-refractivity contribution in [1.29, 1.82) is 0 Å². The van der Waals surface area contributed by atoms with E-state index in [4.69, 9.17) is 9.57 Å². The van der Waals surface area contributed by atoms with E-state index in [2.05, 4.69) is 20.4 Å². The third-order valence-corrected chi connectivity index (χ3v) is 4.94. The van der Waals surface area contributed by atoms with Gasteiger partial charge in [0.2, 0.25) is 0 Å². The van der Waals surface area contributed by atoms with Gasteiger partial charge in [0.05, 0.1) is 17.8 Å². The van der Waals surface area contributed by atoms with Gasteiger partial charge in [-0.3, -0.25) is 0 Å². The molecule has 0 aliphatic rings. The molecule has 1 heterocycles. The molecule has 0 bridgehead atoms. The minimum absolute atomic E-state index is 0.233. The Labute approximate surface area is 199 Å². The maximum absolute atomic E-state index is 12.0. The van der Waals surface area contributed by atoms with Gasteiger partial charge in [0, 0.05) is 18.1 Å². The summed E-state index contributed by atoms with van der Waals surface area (Å²) in [5, 5.41) is 18.1. The average Bonchev–Trinajstić information content (AvgIpc) is 2.77. The lowest BCUT2D eigenvalue weighted by Crippen LogP contribution is -2.35. The van der Waals surface area contributed by atoms with Gasteiger partial charge < -0.3 is 24.9 Å². The van der Waals surface area contributed by atoms with E-state index >= 15 is 0 Å². The molecule has 0 atom stereocenters. The maximum atomic E-state index is 12.0. The number of oxime groups is 1. The third-order valence-electron chi connectivity index (χ3n) is 4.94. The zero-order chi connectivity index (χ0) is 24.9. The number of anilines is 2. The quantitative estimate of drug-likeness (QED) is 0.219. The Morgan fingerprint density at radius 1 is 1.18 bits per heavy atom. The number of amides is 1. The number of nitrogens with zero attached hydrogens (tertiary/aromatic N) is 4. The van der Waals surface area contributed by atoms with E-state index < -0.39 is 11.7 Å². The molecule has 3 rings (SSSR count). The van der Waals surface area contributed by atoms with E-state index in [0.717, 1.165) is 27.7 Å². The maximum Gasteiger partial charge on any atom is 0.410 e. The van der Waals surface area contributed by atoms with E-state index in [1.54, 1.807) is 19.2 Å². The van der Waals surface area contributed by atoms with Gasteiger partial charge in [0.1, 0.15) is 30.1 Å². The van der Waals surface area contributed by atoms with Crippen LogP contribution in [0.4, 0.5) is 16.3 Å². The standard InChI is InChI=1S/C25H31N5O4/c1-16-13-19(8-10-22(16)31)28-23-20-14-18(7-9-21(20)26-15-27-23)17(2)29-33-12-11-30(6)24(32)34-25(3,4)5/h7-10,13-15,31H,11-12H2,1-6H3,(H,26,27,28)/b29-17+. The molecule has 0 aliphatic carbocycles.